The SMILES string of the molecule is CCOc1cc(C)c(S(=O)(=O)Nc2ccncc2)cc1C(C)C. The normalized spacial score (nSPS) is 11.5. The molecular weight excluding hydrogens is 312 g/mol. The number of rotatable bonds is 6. The Bertz CT molecular complexity index is 772. The van der Waals surface area contributed by atoms with E-state index in [0.29, 0.717) is 17.9 Å². The fraction of sp³-hybridized carbons (Fsp3) is 0.353. The number of pyridine rings is 1. The number of aromatic nitrogens is 1. The van der Waals surface area contributed by atoms with E-state index in [-0.39, 0.29) is 10.8 Å². The van der Waals surface area contributed by atoms with Gasteiger partial charge in [0.1, 0.15) is 5.75 Å². The molecule has 2 aromatic rings. The molecule has 0 aliphatic carbocycles. The third-order valence-corrected chi connectivity index (χ3v) is 4.97. The number of ether oxygens (including phenoxy) is 1. The standard InChI is InChI=1S/C17H22N2O3S/c1-5-22-16-10-13(4)17(11-15(16)12(2)3)23(20,21)19-14-6-8-18-9-7-14/h6-12H,5H2,1-4H3,(H,18,19). The molecule has 6 heteroatoms. The van der Waals surface area contributed by atoms with Gasteiger partial charge in [0.15, 0.2) is 0 Å². The topological polar surface area (TPSA) is 68.3 Å². The summed E-state index contributed by atoms with van der Waals surface area (Å²) in [6.45, 7) is 8.25. The van der Waals surface area contributed by atoms with E-state index in [2.05, 4.69) is 9.71 Å². The fourth-order valence-electron chi connectivity index (χ4n) is 2.33. The van der Waals surface area contributed by atoms with Gasteiger partial charge in [0.25, 0.3) is 10.0 Å². The van der Waals surface area contributed by atoms with Crippen LogP contribution in [0, 0.1) is 6.92 Å². The Morgan fingerprint density at radius 2 is 1.87 bits per heavy atom. The molecular formula is C17H22N2O3S. The molecule has 2 rings (SSSR count). The van der Waals surface area contributed by atoms with E-state index in [9.17, 15) is 8.42 Å². The number of hydrogen-bond donors (Lipinski definition) is 1. The van der Waals surface area contributed by atoms with Crippen LogP contribution in [0.4, 0.5) is 5.69 Å². The molecule has 0 amide bonds. The van der Waals surface area contributed by atoms with Crippen LogP contribution in [0.3, 0.4) is 0 Å². The molecule has 0 unspecified atom stereocenters. The quantitative estimate of drug-likeness (QED) is 0.874. The van der Waals surface area contributed by atoms with Crippen molar-refractivity contribution in [2.75, 3.05) is 11.3 Å². The number of hydrogen-bond acceptors (Lipinski definition) is 4. The highest BCUT2D eigenvalue weighted by molar-refractivity contribution is 7.92. The van der Waals surface area contributed by atoms with Crippen molar-refractivity contribution in [1.29, 1.82) is 0 Å². The summed E-state index contributed by atoms with van der Waals surface area (Å²) in [6.07, 6.45) is 3.09. The average molecular weight is 334 g/mol. The van der Waals surface area contributed by atoms with Gasteiger partial charge in [-0.25, -0.2) is 8.42 Å². The summed E-state index contributed by atoms with van der Waals surface area (Å²) in [7, 11) is -3.67. The maximum atomic E-state index is 12.7. The highest BCUT2D eigenvalue weighted by Crippen LogP contribution is 2.32. The largest absolute Gasteiger partial charge is 0.494 e. The summed E-state index contributed by atoms with van der Waals surface area (Å²) in [4.78, 5) is 4.15. The highest BCUT2D eigenvalue weighted by atomic mass is 32.2. The Kier molecular flexibility index (Phi) is 5.26. The molecule has 1 N–H and O–H groups in total. The van der Waals surface area contributed by atoms with Crippen molar-refractivity contribution in [3.63, 3.8) is 0 Å². The van der Waals surface area contributed by atoms with E-state index >= 15 is 0 Å². The van der Waals surface area contributed by atoms with Gasteiger partial charge in [-0.3, -0.25) is 9.71 Å². The lowest BCUT2D eigenvalue weighted by atomic mass is 10.0. The number of sulfonamides is 1. The van der Waals surface area contributed by atoms with Gasteiger partial charge in [-0.05, 0) is 55.2 Å². The zero-order chi connectivity index (χ0) is 17.0. The first-order chi connectivity index (χ1) is 10.8. The maximum absolute atomic E-state index is 12.7. The first-order valence-electron chi connectivity index (χ1n) is 7.55. The molecule has 0 bridgehead atoms. The Morgan fingerprint density at radius 1 is 1.22 bits per heavy atom. The van der Waals surface area contributed by atoms with Crippen molar-refractivity contribution in [2.24, 2.45) is 0 Å². The van der Waals surface area contributed by atoms with E-state index in [4.69, 9.17) is 4.74 Å². The number of nitrogens with one attached hydrogen (secondary N) is 1. The van der Waals surface area contributed by atoms with E-state index in [1.807, 2.05) is 20.8 Å². The Balaban J connectivity index is 2.47. The van der Waals surface area contributed by atoms with Crippen molar-refractivity contribution < 1.29 is 13.2 Å². The van der Waals surface area contributed by atoms with Gasteiger partial charge in [0.2, 0.25) is 0 Å². The zero-order valence-corrected chi connectivity index (χ0v) is 14.6. The van der Waals surface area contributed by atoms with Crippen LogP contribution in [0.1, 0.15) is 37.8 Å². The minimum absolute atomic E-state index is 0.159. The molecule has 124 valence electrons. The molecule has 5 nitrogen and oxygen atoms in total. The molecule has 0 aliphatic heterocycles. The van der Waals surface area contributed by atoms with Gasteiger partial charge in [-0.15, -0.1) is 0 Å². The second kappa shape index (κ2) is 7.00. The minimum Gasteiger partial charge on any atom is -0.494 e. The van der Waals surface area contributed by atoms with Gasteiger partial charge in [0, 0.05) is 12.4 Å². The van der Waals surface area contributed by atoms with Crippen LogP contribution < -0.4 is 9.46 Å². The third kappa shape index (κ3) is 4.01. The van der Waals surface area contributed by atoms with E-state index in [1.165, 1.54) is 0 Å². The van der Waals surface area contributed by atoms with Gasteiger partial charge in [-0.1, -0.05) is 13.8 Å². The molecule has 0 aliphatic rings. The third-order valence-electron chi connectivity index (χ3n) is 3.45. The summed E-state index contributed by atoms with van der Waals surface area (Å²) in [5.74, 6) is 0.898. The molecule has 0 fully saturated rings. The zero-order valence-electron chi connectivity index (χ0n) is 13.8. The predicted octanol–water partition coefficient (Wildman–Crippen LogP) is 3.71. The second-order valence-electron chi connectivity index (χ2n) is 5.58. The average Bonchev–Trinajstić information content (AvgIpc) is 2.47. The van der Waals surface area contributed by atoms with Crippen LogP contribution in [0.5, 0.6) is 5.75 Å². The summed E-state index contributed by atoms with van der Waals surface area (Å²) >= 11 is 0. The van der Waals surface area contributed by atoms with Crippen molar-refractivity contribution >= 4 is 15.7 Å². The van der Waals surface area contributed by atoms with Crippen LogP contribution in [0.25, 0.3) is 0 Å². The number of anilines is 1. The smallest absolute Gasteiger partial charge is 0.262 e. The summed E-state index contributed by atoms with van der Waals surface area (Å²) in [5.41, 5.74) is 2.02. The van der Waals surface area contributed by atoms with Crippen LogP contribution in [0.15, 0.2) is 41.6 Å². The lowest BCUT2D eigenvalue weighted by molar-refractivity contribution is 0.334. The number of benzene rings is 1. The molecule has 1 aromatic carbocycles. The first kappa shape index (κ1) is 17.3. The summed E-state index contributed by atoms with van der Waals surface area (Å²) in [5, 5.41) is 0. The predicted molar refractivity (Wildman–Crippen MR) is 91.5 cm³/mol. The fourth-order valence-corrected chi connectivity index (χ4v) is 3.65. The van der Waals surface area contributed by atoms with E-state index in [1.54, 1.807) is 43.6 Å². The Morgan fingerprint density at radius 3 is 2.43 bits per heavy atom. The van der Waals surface area contributed by atoms with Crippen LogP contribution in [-0.2, 0) is 10.0 Å². The summed E-state index contributed by atoms with van der Waals surface area (Å²) < 4.78 is 33.6. The minimum atomic E-state index is -3.67. The Hall–Kier alpha value is -2.08. The molecule has 0 spiro atoms. The van der Waals surface area contributed by atoms with Gasteiger partial charge < -0.3 is 4.74 Å². The monoisotopic (exact) mass is 334 g/mol. The molecule has 0 atom stereocenters. The highest BCUT2D eigenvalue weighted by Gasteiger charge is 2.21. The Labute approximate surface area is 137 Å². The lowest BCUT2D eigenvalue weighted by Crippen LogP contribution is -2.15. The van der Waals surface area contributed by atoms with Crippen molar-refractivity contribution in [3.8, 4) is 5.75 Å². The summed E-state index contributed by atoms with van der Waals surface area (Å²) in [6, 6.07) is 6.73. The molecule has 0 saturated carbocycles. The number of nitrogens with zero attached hydrogens (tertiary/aromatic N) is 1. The lowest BCUT2D eigenvalue weighted by Gasteiger charge is -2.17. The maximum Gasteiger partial charge on any atom is 0.262 e. The molecule has 1 heterocycles. The van der Waals surface area contributed by atoms with E-state index < -0.39 is 10.0 Å². The van der Waals surface area contributed by atoms with Crippen molar-refractivity contribution in [2.45, 2.75) is 38.5 Å². The van der Waals surface area contributed by atoms with Gasteiger partial charge in [0.05, 0.1) is 17.2 Å². The van der Waals surface area contributed by atoms with Crippen LogP contribution in [-0.4, -0.2) is 20.0 Å². The first-order valence-corrected chi connectivity index (χ1v) is 9.03. The molecule has 1 aromatic heterocycles. The van der Waals surface area contributed by atoms with Crippen molar-refractivity contribution in [3.05, 3.63) is 47.8 Å². The van der Waals surface area contributed by atoms with Crippen LogP contribution >= 0.6 is 0 Å². The number of aryl methyl sites for hydroxylation is 1. The van der Waals surface area contributed by atoms with Crippen LogP contribution in [0.2, 0.25) is 0 Å². The van der Waals surface area contributed by atoms with Crippen molar-refractivity contribution in [1.82, 2.24) is 4.98 Å². The van der Waals surface area contributed by atoms with Gasteiger partial charge in [-0.2, -0.15) is 0 Å². The van der Waals surface area contributed by atoms with E-state index in [0.717, 1.165) is 11.3 Å². The molecule has 23 heavy (non-hydrogen) atoms. The molecule has 0 radical (unpaired) electrons. The second-order valence-corrected chi connectivity index (χ2v) is 7.24. The molecule has 0 saturated heterocycles. The van der Waals surface area contributed by atoms with Gasteiger partial charge >= 0.3 is 0 Å².